The first-order chi connectivity index (χ1) is 17.7. The van der Waals surface area contributed by atoms with Crippen LogP contribution in [0.25, 0.3) is 52.8 Å². The highest BCUT2D eigenvalue weighted by Gasteiger charge is 2.27. The van der Waals surface area contributed by atoms with Crippen LogP contribution >= 0.6 is 79.6 Å². The van der Waals surface area contributed by atoms with Gasteiger partial charge in [-0.1, -0.05) is 24.3 Å². The average Bonchev–Trinajstić information content (AvgIpc) is 3.69. The van der Waals surface area contributed by atoms with Crippen molar-refractivity contribution in [2.45, 2.75) is 0 Å². The summed E-state index contributed by atoms with van der Waals surface area (Å²) in [5.74, 6) is 0. The van der Waals surface area contributed by atoms with E-state index in [9.17, 15) is 0 Å². The Kier molecular flexibility index (Phi) is 6.13. The molecule has 3 aromatic heterocycles. The largest absolute Gasteiger partial charge is 0.172 e. The van der Waals surface area contributed by atoms with E-state index in [0.717, 1.165) is 43.3 Å². The second kappa shape index (κ2) is 9.48. The number of aromatic nitrogens is 2. The Labute approximate surface area is 249 Å². The molecule has 0 unspecified atom stereocenters. The van der Waals surface area contributed by atoms with E-state index in [1.54, 1.807) is 22.7 Å². The lowest BCUT2D eigenvalue weighted by Gasteiger charge is -2.09. The molecule has 0 saturated carbocycles. The Balaban J connectivity index is 1.39. The Morgan fingerprint density at radius 2 is 1.03 bits per heavy atom. The number of rotatable bonds is 4. The third kappa shape index (κ3) is 4.02. The van der Waals surface area contributed by atoms with E-state index in [1.807, 2.05) is 0 Å². The summed E-state index contributed by atoms with van der Waals surface area (Å²) in [5, 5.41) is 0. The molecule has 0 N–H and O–H groups in total. The highest BCUT2D eigenvalue weighted by atomic mass is 127. The van der Waals surface area contributed by atoms with Gasteiger partial charge in [0.15, 0.2) is 0 Å². The summed E-state index contributed by atoms with van der Waals surface area (Å²) in [6.45, 7) is 0. The highest BCUT2D eigenvalue weighted by molar-refractivity contribution is 14.1. The molecule has 0 fully saturated rings. The lowest BCUT2D eigenvalue weighted by molar-refractivity contribution is 1.54. The molecule has 0 radical (unpaired) electrons. The first-order valence-electron chi connectivity index (χ1n) is 10.8. The van der Waals surface area contributed by atoms with Gasteiger partial charge in [0.05, 0.1) is 23.1 Å². The molecule has 0 saturated heterocycles. The summed E-state index contributed by atoms with van der Waals surface area (Å²) in [6.07, 6.45) is 0. The molecule has 174 valence electrons. The van der Waals surface area contributed by atoms with Crippen LogP contribution < -0.4 is 0 Å². The summed E-state index contributed by atoms with van der Waals surface area (Å²) in [5.41, 5.74) is 8.09. The normalized spacial score (nSPS) is 12.3. The van der Waals surface area contributed by atoms with Crippen LogP contribution in [-0.4, -0.2) is 8.75 Å². The van der Waals surface area contributed by atoms with Crippen LogP contribution in [0.4, 0.5) is 11.4 Å². The SMILES string of the molecule is Ic1cccc(-c2ccc(-c3c4c(c(-c5ccc(-c6cccc(I)c6)s5)c5nsnc35)N=S=N4)s2)c1. The van der Waals surface area contributed by atoms with Crippen LogP contribution in [0.2, 0.25) is 0 Å². The molecule has 7 rings (SSSR count). The maximum atomic E-state index is 4.76. The van der Waals surface area contributed by atoms with Gasteiger partial charge in [-0.2, -0.15) is 17.5 Å². The average molecular weight is 762 g/mol. The quantitative estimate of drug-likeness (QED) is 0.168. The Bertz CT molecular complexity index is 1750. The van der Waals surface area contributed by atoms with E-state index in [2.05, 4.69) is 118 Å². The van der Waals surface area contributed by atoms with Gasteiger partial charge in [0.25, 0.3) is 0 Å². The monoisotopic (exact) mass is 762 g/mol. The fourth-order valence-electron chi connectivity index (χ4n) is 4.26. The minimum atomic E-state index is 0.899. The van der Waals surface area contributed by atoms with E-state index in [1.165, 1.54) is 51.1 Å². The van der Waals surface area contributed by atoms with E-state index >= 15 is 0 Å². The molecule has 0 bridgehead atoms. The van der Waals surface area contributed by atoms with Crippen LogP contribution in [0.1, 0.15) is 0 Å². The third-order valence-electron chi connectivity index (χ3n) is 5.85. The lowest BCUT2D eigenvalue weighted by atomic mass is 10.0. The topological polar surface area (TPSA) is 50.5 Å². The van der Waals surface area contributed by atoms with Gasteiger partial charge in [0.2, 0.25) is 0 Å². The molecule has 1 aliphatic heterocycles. The summed E-state index contributed by atoms with van der Waals surface area (Å²) in [7, 11) is 0. The molecule has 0 atom stereocenters. The summed E-state index contributed by atoms with van der Waals surface area (Å²) in [4.78, 5) is 4.72. The fourth-order valence-corrected chi connectivity index (χ4v) is 8.57. The summed E-state index contributed by atoms with van der Waals surface area (Å²) >= 11 is 10.7. The first-order valence-corrected chi connectivity index (χ1v) is 16.0. The van der Waals surface area contributed by atoms with Gasteiger partial charge < -0.3 is 0 Å². The van der Waals surface area contributed by atoms with Gasteiger partial charge in [-0.3, -0.25) is 0 Å². The number of hydrogen-bond acceptors (Lipinski definition) is 7. The predicted molar refractivity (Wildman–Crippen MR) is 172 cm³/mol. The zero-order valence-corrected chi connectivity index (χ0v) is 25.7. The Hall–Kier alpha value is -1.84. The molecule has 4 nitrogen and oxygen atoms in total. The van der Waals surface area contributed by atoms with Crippen LogP contribution in [-0.2, 0) is 11.4 Å². The predicted octanol–water partition coefficient (Wildman–Crippen LogP) is 10.4. The lowest BCUT2D eigenvalue weighted by Crippen LogP contribution is -1.85. The molecule has 3 aromatic carbocycles. The van der Waals surface area contributed by atoms with Gasteiger partial charge in [0.1, 0.15) is 22.4 Å². The van der Waals surface area contributed by atoms with Gasteiger partial charge in [-0.05, 0) is 105 Å². The second-order valence-corrected chi connectivity index (χ2v) is 13.7. The molecule has 36 heavy (non-hydrogen) atoms. The van der Waals surface area contributed by atoms with Gasteiger partial charge in [-0.25, -0.2) is 0 Å². The number of hydrogen-bond donors (Lipinski definition) is 0. The van der Waals surface area contributed by atoms with Crippen LogP contribution in [0.15, 0.2) is 81.5 Å². The molecule has 0 amide bonds. The minimum absolute atomic E-state index is 0.899. The Morgan fingerprint density at radius 3 is 1.50 bits per heavy atom. The van der Waals surface area contributed by atoms with Crippen molar-refractivity contribution in [2.75, 3.05) is 0 Å². The third-order valence-corrected chi connectivity index (χ3v) is 10.5. The molecule has 10 heteroatoms. The van der Waals surface area contributed by atoms with Crippen molar-refractivity contribution >= 4 is 113 Å². The second-order valence-electron chi connectivity index (χ2n) is 8.02. The van der Waals surface area contributed by atoms with E-state index in [-0.39, 0.29) is 0 Å². The number of halogens is 2. The number of fused-ring (bicyclic) bond motifs is 2. The van der Waals surface area contributed by atoms with Crippen LogP contribution in [0, 0.1) is 7.14 Å². The van der Waals surface area contributed by atoms with Crippen LogP contribution in [0.5, 0.6) is 0 Å². The molecule has 6 aromatic rings. The summed E-state index contributed by atoms with van der Waals surface area (Å²) < 4.78 is 21.5. The van der Waals surface area contributed by atoms with E-state index in [0.29, 0.717) is 0 Å². The maximum absolute atomic E-state index is 4.76. The van der Waals surface area contributed by atoms with Gasteiger partial charge in [-0.15, -0.1) is 22.7 Å². The van der Waals surface area contributed by atoms with Crippen molar-refractivity contribution in [3.05, 3.63) is 79.9 Å². The zero-order valence-electron chi connectivity index (χ0n) is 18.1. The number of benzene rings is 3. The first kappa shape index (κ1) is 23.3. The van der Waals surface area contributed by atoms with Crippen LogP contribution in [0.3, 0.4) is 0 Å². The zero-order chi connectivity index (χ0) is 24.2. The van der Waals surface area contributed by atoms with Gasteiger partial charge in [0, 0.05) is 37.8 Å². The Morgan fingerprint density at radius 1 is 0.556 bits per heavy atom. The van der Waals surface area contributed by atoms with E-state index in [4.69, 9.17) is 17.5 Å². The molecule has 0 aliphatic carbocycles. The fraction of sp³-hybridized carbons (Fsp3) is 0. The standard InChI is InChI=1S/C26H12I2N4S4/c27-15-5-1-3-13(11-15)17-7-9-19(33-17)21-23-25(31-35-29-23)22(26-24(21)30-36-32-26)20-10-8-18(34-20)14-4-2-6-16(28)12-14/h1-12H. The van der Waals surface area contributed by atoms with Gasteiger partial charge >= 0.3 is 0 Å². The molecular weight excluding hydrogens is 750 g/mol. The number of nitrogens with zero attached hydrogens (tertiary/aromatic N) is 4. The van der Waals surface area contributed by atoms with Crippen molar-refractivity contribution in [3.63, 3.8) is 0 Å². The number of thiophene rings is 2. The molecule has 0 spiro atoms. The maximum Gasteiger partial charge on any atom is 0.116 e. The molecular formula is C26H12I2N4S4. The molecule has 1 aliphatic rings. The van der Waals surface area contributed by atoms with Crippen molar-refractivity contribution < 1.29 is 0 Å². The smallest absolute Gasteiger partial charge is 0.116 e. The van der Waals surface area contributed by atoms with E-state index < -0.39 is 0 Å². The van der Waals surface area contributed by atoms with Crippen molar-refractivity contribution in [3.8, 4) is 41.8 Å². The van der Waals surface area contributed by atoms with Crippen molar-refractivity contribution in [2.24, 2.45) is 8.73 Å². The highest BCUT2D eigenvalue weighted by Crippen LogP contribution is 2.54. The van der Waals surface area contributed by atoms with Crippen molar-refractivity contribution in [1.82, 2.24) is 8.75 Å². The minimum Gasteiger partial charge on any atom is -0.172 e. The summed E-state index contributed by atoms with van der Waals surface area (Å²) in [6, 6.07) is 25.9. The molecule has 4 heterocycles. The van der Waals surface area contributed by atoms with Crippen molar-refractivity contribution in [1.29, 1.82) is 0 Å².